The molecule has 2 atom stereocenters. The molecule has 20 heavy (non-hydrogen) atoms. The van der Waals surface area contributed by atoms with Crippen molar-refractivity contribution in [3.05, 3.63) is 45.0 Å². The summed E-state index contributed by atoms with van der Waals surface area (Å²) in [6, 6.07) is 6.10. The number of hydrogen-bond donors (Lipinski definition) is 0. The summed E-state index contributed by atoms with van der Waals surface area (Å²) in [6.45, 7) is 4.34. The van der Waals surface area contributed by atoms with E-state index in [4.69, 9.17) is 4.74 Å². The van der Waals surface area contributed by atoms with Crippen molar-refractivity contribution in [2.75, 3.05) is 0 Å². The highest BCUT2D eigenvalue weighted by atomic mass is 127. The number of ether oxygens (including phenoxy) is 1. The van der Waals surface area contributed by atoms with Crippen molar-refractivity contribution < 1.29 is 9.53 Å². The first kappa shape index (κ1) is 15.5. The predicted octanol–water partition coefficient (Wildman–Crippen LogP) is 5.07. The lowest BCUT2D eigenvalue weighted by atomic mass is 9.97. The van der Waals surface area contributed by atoms with Crippen LogP contribution in [-0.4, -0.2) is 12.1 Å². The first-order valence-electron chi connectivity index (χ1n) is 7.29. The molecule has 1 aliphatic rings. The quantitative estimate of drug-likeness (QED) is 0.412. The minimum absolute atomic E-state index is 0.0562. The van der Waals surface area contributed by atoms with E-state index < -0.39 is 0 Å². The summed E-state index contributed by atoms with van der Waals surface area (Å²) in [5.41, 5.74) is 1.90. The van der Waals surface area contributed by atoms with Gasteiger partial charge in [0.1, 0.15) is 6.10 Å². The van der Waals surface area contributed by atoms with E-state index >= 15 is 0 Å². The zero-order valence-electron chi connectivity index (χ0n) is 12.1. The topological polar surface area (TPSA) is 26.3 Å². The SMILES string of the molecule is CCC(C)c1ccc(I)c(C(=O)OC2C=CCCC2)c1. The normalized spacial score (nSPS) is 19.6. The average Bonchev–Trinajstić information content (AvgIpc) is 2.48. The van der Waals surface area contributed by atoms with Gasteiger partial charge < -0.3 is 4.74 Å². The van der Waals surface area contributed by atoms with Crippen molar-refractivity contribution in [3.8, 4) is 0 Å². The van der Waals surface area contributed by atoms with Gasteiger partial charge in [0, 0.05) is 3.57 Å². The molecule has 1 aromatic carbocycles. The molecule has 2 rings (SSSR count). The Hall–Kier alpha value is -0.840. The van der Waals surface area contributed by atoms with Crippen LogP contribution in [0.5, 0.6) is 0 Å². The van der Waals surface area contributed by atoms with Gasteiger partial charge in [-0.15, -0.1) is 0 Å². The zero-order chi connectivity index (χ0) is 14.5. The second kappa shape index (κ2) is 7.25. The van der Waals surface area contributed by atoms with Crippen molar-refractivity contribution in [1.82, 2.24) is 0 Å². The van der Waals surface area contributed by atoms with Gasteiger partial charge in [0.25, 0.3) is 0 Å². The minimum atomic E-state index is -0.198. The largest absolute Gasteiger partial charge is 0.455 e. The van der Waals surface area contributed by atoms with E-state index in [1.54, 1.807) is 0 Å². The molecule has 0 aliphatic heterocycles. The third kappa shape index (κ3) is 3.84. The smallest absolute Gasteiger partial charge is 0.339 e. The molecule has 0 saturated heterocycles. The third-order valence-corrected chi connectivity index (χ3v) is 4.80. The van der Waals surface area contributed by atoms with E-state index in [1.807, 2.05) is 18.2 Å². The lowest BCUT2D eigenvalue weighted by molar-refractivity contribution is 0.0368. The number of allylic oxidation sites excluding steroid dienone is 1. The molecule has 0 fully saturated rings. The number of carbonyl (C=O) groups is 1. The Bertz CT molecular complexity index is 508. The van der Waals surface area contributed by atoms with E-state index in [9.17, 15) is 4.79 Å². The van der Waals surface area contributed by atoms with Crippen LogP contribution in [0.15, 0.2) is 30.4 Å². The monoisotopic (exact) mass is 384 g/mol. The van der Waals surface area contributed by atoms with Crippen molar-refractivity contribution in [2.24, 2.45) is 0 Å². The van der Waals surface area contributed by atoms with Crippen LogP contribution >= 0.6 is 22.6 Å². The summed E-state index contributed by atoms with van der Waals surface area (Å²) in [5.74, 6) is 0.268. The van der Waals surface area contributed by atoms with E-state index in [2.05, 4.69) is 48.6 Å². The Balaban J connectivity index is 2.15. The zero-order valence-corrected chi connectivity index (χ0v) is 14.2. The summed E-state index contributed by atoms with van der Waals surface area (Å²) in [5, 5.41) is 0. The van der Waals surface area contributed by atoms with Gasteiger partial charge in [-0.25, -0.2) is 4.79 Å². The first-order chi connectivity index (χ1) is 9.61. The van der Waals surface area contributed by atoms with E-state index in [0.29, 0.717) is 11.5 Å². The van der Waals surface area contributed by atoms with Gasteiger partial charge in [-0.3, -0.25) is 0 Å². The van der Waals surface area contributed by atoms with Gasteiger partial charge in [0.15, 0.2) is 0 Å². The van der Waals surface area contributed by atoms with Crippen LogP contribution in [0.25, 0.3) is 0 Å². The van der Waals surface area contributed by atoms with Crippen molar-refractivity contribution in [2.45, 2.75) is 51.6 Å². The molecular formula is C17H21IO2. The van der Waals surface area contributed by atoms with E-state index in [0.717, 1.165) is 29.3 Å². The van der Waals surface area contributed by atoms with Crippen LogP contribution in [0.1, 0.15) is 61.4 Å². The fourth-order valence-electron chi connectivity index (χ4n) is 2.32. The van der Waals surface area contributed by atoms with Crippen molar-refractivity contribution in [1.29, 1.82) is 0 Å². The molecule has 0 spiro atoms. The maximum atomic E-state index is 12.3. The summed E-state index contributed by atoms with van der Waals surface area (Å²) >= 11 is 2.20. The number of rotatable bonds is 4. The minimum Gasteiger partial charge on any atom is -0.455 e. The maximum absolute atomic E-state index is 12.3. The second-order valence-corrected chi connectivity index (χ2v) is 6.51. The highest BCUT2D eigenvalue weighted by molar-refractivity contribution is 14.1. The van der Waals surface area contributed by atoms with Gasteiger partial charge >= 0.3 is 5.97 Å². The molecule has 0 saturated carbocycles. The molecule has 3 heteroatoms. The second-order valence-electron chi connectivity index (χ2n) is 5.35. The number of esters is 1. The molecule has 0 aromatic heterocycles. The molecule has 2 unspecified atom stereocenters. The van der Waals surface area contributed by atoms with E-state index in [-0.39, 0.29) is 12.1 Å². The van der Waals surface area contributed by atoms with Crippen molar-refractivity contribution >= 4 is 28.6 Å². The summed E-state index contributed by atoms with van der Waals surface area (Å²) < 4.78 is 6.55. The summed E-state index contributed by atoms with van der Waals surface area (Å²) in [7, 11) is 0. The van der Waals surface area contributed by atoms with Gasteiger partial charge in [0.2, 0.25) is 0 Å². The van der Waals surface area contributed by atoms with Crippen molar-refractivity contribution in [3.63, 3.8) is 0 Å². The number of halogens is 1. The number of benzene rings is 1. The fourth-order valence-corrected chi connectivity index (χ4v) is 2.88. The van der Waals surface area contributed by atoms with Gasteiger partial charge in [0.05, 0.1) is 5.56 Å². The molecule has 0 radical (unpaired) electrons. The molecule has 0 amide bonds. The predicted molar refractivity (Wildman–Crippen MR) is 90.1 cm³/mol. The van der Waals surface area contributed by atoms with Crippen LogP contribution in [0, 0.1) is 3.57 Å². The van der Waals surface area contributed by atoms with Gasteiger partial charge in [-0.1, -0.05) is 26.0 Å². The Morgan fingerprint density at radius 1 is 1.50 bits per heavy atom. The molecule has 0 bridgehead atoms. The van der Waals surface area contributed by atoms with Gasteiger partial charge in [-0.05, 0) is 78.0 Å². The standard InChI is InChI=1S/C17H21IO2/c1-3-12(2)13-9-10-16(18)15(11-13)17(19)20-14-7-5-4-6-8-14/h5,7,9-12,14H,3-4,6,8H2,1-2H3. The maximum Gasteiger partial charge on any atom is 0.339 e. The molecule has 0 N–H and O–H groups in total. The van der Waals surface area contributed by atoms with Crippen LogP contribution in [0.2, 0.25) is 0 Å². The molecular weight excluding hydrogens is 363 g/mol. The molecule has 108 valence electrons. The lowest BCUT2D eigenvalue weighted by Crippen LogP contribution is -2.18. The molecule has 1 aliphatic carbocycles. The molecule has 0 heterocycles. The Kier molecular flexibility index (Phi) is 5.64. The Morgan fingerprint density at radius 2 is 2.30 bits per heavy atom. The number of carbonyl (C=O) groups excluding carboxylic acids is 1. The first-order valence-corrected chi connectivity index (χ1v) is 8.36. The van der Waals surface area contributed by atoms with Gasteiger partial charge in [-0.2, -0.15) is 0 Å². The lowest BCUT2D eigenvalue weighted by Gasteiger charge is -2.18. The molecule has 2 nitrogen and oxygen atoms in total. The number of hydrogen-bond acceptors (Lipinski definition) is 2. The average molecular weight is 384 g/mol. The van der Waals surface area contributed by atoms with Crippen LogP contribution in [0.4, 0.5) is 0 Å². The van der Waals surface area contributed by atoms with Crippen LogP contribution < -0.4 is 0 Å². The highest BCUT2D eigenvalue weighted by Gasteiger charge is 2.18. The summed E-state index contributed by atoms with van der Waals surface area (Å²) in [6.07, 6.45) is 8.24. The Morgan fingerprint density at radius 3 is 2.95 bits per heavy atom. The third-order valence-electron chi connectivity index (χ3n) is 3.86. The molecule has 1 aromatic rings. The fraction of sp³-hybridized carbons (Fsp3) is 0.471. The van der Waals surface area contributed by atoms with Crippen LogP contribution in [0.3, 0.4) is 0 Å². The Labute approximate surface area is 134 Å². The summed E-state index contributed by atoms with van der Waals surface area (Å²) in [4.78, 5) is 12.3. The highest BCUT2D eigenvalue weighted by Crippen LogP contribution is 2.24. The van der Waals surface area contributed by atoms with E-state index in [1.165, 1.54) is 5.56 Å². The van der Waals surface area contributed by atoms with Crippen LogP contribution in [-0.2, 0) is 4.74 Å².